The van der Waals surface area contributed by atoms with Crippen LogP contribution in [0.15, 0.2) is 54.7 Å². The highest BCUT2D eigenvalue weighted by atomic mass is 16.2. The van der Waals surface area contributed by atoms with Crippen LogP contribution in [0.4, 0.5) is 5.69 Å². The van der Waals surface area contributed by atoms with Crippen LogP contribution in [-0.4, -0.2) is 34.8 Å². The minimum atomic E-state index is -0.274. The Bertz CT molecular complexity index is 947. The number of carbonyl (C=O) groups is 2. The van der Waals surface area contributed by atoms with Crippen molar-refractivity contribution in [2.24, 2.45) is 5.92 Å². The molecule has 140 valence electrons. The molecule has 0 bridgehead atoms. The number of fused-ring (bicyclic) bond motifs is 1. The Morgan fingerprint density at radius 2 is 1.81 bits per heavy atom. The molecular weight excluding hydrogens is 340 g/mol. The van der Waals surface area contributed by atoms with E-state index in [1.165, 1.54) is 4.90 Å². The minimum Gasteiger partial charge on any atom is -0.351 e. The van der Waals surface area contributed by atoms with Gasteiger partial charge in [-0.2, -0.15) is 0 Å². The molecule has 3 aromatic rings. The largest absolute Gasteiger partial charge is 0.351 e. The second kappa shape index (κ2) is 8.03. The van der Waals surface area contributed by atoms with Crippen molar-refractivity contribution in [1.82, 2.24) is 14.7 Å². The zero-order valence-corrected chi connectivity index (χ0v) is 15.8. The average Bonchev–Trinajstić information content (AvgIpc) is 3.07. The molecule has 0 atom stereocenters. The maximum absolute atomic E-state index is 13.0. The molecule has 1 aromatic carbocycles. The Labute approximate surface area is 158 Å². The van der Waals surface area contributed by atoms with Crippen LogP contribution in [0.3, 0.4) is 0 Å². The Hall–Kier alpha value is -3.15. The van der Waals surface area contributed by atoms with Gasteiger partial charge in [-0.1, -0.05) is 38.1 Å². The van der Waals surface area contributed by atoms with Gasteiger partial charge in [0.25, 0.3) is 11.8 Å². The molecule has 2 heterocycles. The van der Waals surface area contributed by atoms with E-state index < -0.39 is 0 Å². The number of benzene rings is 1. The second-order valence-corrected chi connectivity index (χ2v) is 6.88. The van der Waals surface area contributed by atoms with E-state index in [2.05, 4.69) is 24.1 Å². The molecule has 27 heavy (non-hydrogen) atoms. The van der Waals surface area contributed by atoms with E-state index in [1.807, 2.05) is 42.5 Å². The third kappa shape index (κ3) is 4.00. The van der Waals surface area contributed by atoms with E-state index in [-0.39, 0.29) is 23.3 Å². The lowest BCUT2D eigenvalue weighted by Crippen LogP contribution is -2.28. The maximum Gasteiger partial charge on any atom is 0.294 e. The average molecular weight is 364 g/mol. The molecule has 2 amide bonds. The van der Waals surface area contributed by atoms with Gasteiger partial charge in [0.05, 0.1) is 5.52 Å². The first-order chi connectivity index (χ1) is 13.0. The summed E-state index contributed by atoms with van der Waals surface area (Å²) in [6, 6.07) is 14.8. The molecule has 6 nitrogen and oxygen atoms in total. The highest BCUT2D eigenvalue weighted by Crippen LogP contribution is 2.18. The quantitative estimate of drug-likeness (QED) is 0.729. The molecule has 0 saturated carbocycles. The molecule has 0 radical (unpaired) electrons. The zero-order chi connectivity index (χ0) is 19.4. The van der Waals surface area contributed by atoms with Crippen LogP contribution in [-0.2, 0) is 0 Å². The molecule has 0 aliphatic heterocycles. The Kier molecular flexibility index (Phi) is 5.54. The molecule has 3 rings (SSSR count). The van der Waals surface area contributed by atoms with Gasteiger partial charge in [-0.15, -0.1) is 0 Å². The Balaban J connectivity index is 1.92. The molecule has 1 N–H and O–H groups in total. The standard InChI is InChI=1S/C21H24N4O2/c1-15(2)12-13-22-20(26)18-17-11-7-8-14-25(17)19(23-18)21(27)24(3)16-9-5-4-6-10-16/h4-11,14-15H,12-13H2,1-3H3,(H,22,26). The van der Waals surface area contributed by atoms with Gasteiger partial charge in [0, 0.05) is 25.5 Å². The van der Waals surface area contributed by atoms with Crippen LogP contribution in [0.2, 0.25) is 0 Å². The van der Waals surface area contributed by atoms with Gasteiger partial charge in [-0.25, -0.2) is 4.98 Å². The van der Waals surface area contributed by atoms with Gasteiger partial charge >= 0.3 is 0 Å². The van der Waals surface area contributed by atoms with Crippen LogP contribution in [0, 0.1) is 5.92 Å². The summed E-state index contributed by atoms with van der Waals surface area (Å²) in [5.74, 6) is 0.177. The first-order valence-electron chi connectivity index (χ1n) is 9.07. The fourth-order valence-corrected chi connectivity index (χ4v) is 2.83. The van der Waals surface area contributed by atoms with Crippen molar-refractivity contribution in [3.63, 3.8) is 0 Å². The number of anilines is 1. The summed E-state index contributed by atoms with van der Waals surface area (Å²) in [6.45, 7) is 4.79. The summed E-state index contributed by atoms with van der Waals surface area (Å²) in [6.07, 6.45) is 2.64. The molecule has 6 heteroatoms. The van der Waals surface area contributed by atoms with Crippen molar-refractivity contribution in [3.05, 3.63) is 66.2 Å². The summed E-state index contributed by atoms with van der Waals surface area (Å²) >= 11 is 0. The lowest BCUT2D eigenvalue weighted by molar-refractivity contribution is 0.0949. The third-order valence-electron chi connectivity index (χ3n) is 4.41. The van der Waals surface area contributed by atoms with Crippen molar-refractivity contribution in [3.8, 4) is 0 Å². The van der Waals surface area contributed by atoms with Gasteiger partial charge in [0.1, 0.15) is 0 Å². The van der Waals surface area contributed by atoms with E-state index in [4.69, 9.17) is 0 Å². The van der Waals surface area contributed by atoms with E-state index in [1.54, 1.807) is 23.7 Å². The number of para-hydroxylation sites is 1. The predicted octanol–water partition coefficient (Wildman–Crippen LogP) is 3.39. The van der Waals surface area contributed by atoms with Crippen molar-refractivity contribution < 1.29 is 9.59 Å². The van der Waals surface area contributed by atoms with E-state index >= 15 is 0 Å². The SMILES string of the molecule is CC(C)CCNC(=O)c1nc(C(=O)N(C)c2ccccc2)n2ccccc12. The number of nitrogens with zero attached hydrogens (tertiary/aromatic N) is 3. The van der Waals surface area contributed by atoms with Crippen molar-refractivity contribution >= 4 is 23.0 Å². The monoisotopic (exact) mass is 364 g/mol. The van der Waals surface area contributed by atoms with Crippen LogP contribution in [0.25, 0.3) is 5.52 Å². The summed E-state index contributed by atoms with van der Waals surface area (Å²) in [7, 11) is 1.70. The van der Waals surface area contributed by atoms with E-state index in [0.29, 0.717) is 18.0 Å². The van der Waals surface area contributed by atoms with Crippen LogP contribution < -0.4 is 10.2 Å². The maximum atomic E-state index is 13.0. The molecule has 0 spiro atoms. The lowest BCUT2D eigenvalue weighted by atomic mass is 10.1. The third-order valence-corrected chi connectivity index (χ3v) is 4.41. The number of imidazole rings is 1. The number of hydrogen-bond acceptors (Lipinski definition) is 3. The first-order valence-corrected chi connectivity index (χ1v) is 9.07. The number of carbonyl (C=O) groups excluding carboxylic acids is 2. The minimum absolute atomic E-state index is 0.214. The van der Waals surface area contributed by atoms with Gasteiger partial charge < -0.3 is 10.2 Å². The molecule has 0 aliphatic rings. The number of hydrogen-bond donors (Lipinski definition) is 1. The fraction of sp³-hybridized carbons (Fsp3) is 0.286. The van der Waals surface area contributed by atoms with Crippen molar-refractivity contribution in [2.45, 2.75) is 20.3 Å². The summed E-state index contributed by atoms with van der Waals surface area (Å²) < 4.78 is 1.67. The normalized spacial score (nSPS) is 11.0. The zero-order valence-electron chi connectivity index (χ0n) is 15.8. The van der Waals surface area contributed by atoms with Gasteiger partial charge in [-0.3, -0.25) is 14.0 Å². The molecule has 2 aromatic heterocycles. The van der Waals surface area contributed by atoms with Crippen molar-refractivity contribution in [2.75, 3.05) is 18.5 Å². The van der Waals surface area contributed by atoms with E-state index in [9.17, 15) is 9.59 Å². The number of amides is 2. The van der Waals surface area contributed by atoms with Crippen molar-refractivity contribution in [1.29, 1.82) is 0 Å². The lowest BCUT2D eigenvalue weighted by Gasteiger charge is -2.16. The van der Waals surface area contributed by atoms with Crippen LogP contribution in [0.5, 0.6) is 0 Å². The highest BCUT2D eigenvalue weighted by molar-refractivity contribution is 6.07. The van der Waals surface area contributed by atoms with Gasteiger partial charge in [-0.05, 0) is 36.6 Å². The topological polar surface area (TPSA) is 66.7 Å². The molecule has 0 unspecified atom stereocenters. The Morgan fingerprint density at radius 1 is 1.11 bits per heavy atom. The summed E-state index contributed by atoms with van der Waals surface area (Å²) in [5.41, 5.74) is 1.65. The number of pyridine rings is 1. The second-order valence-electron chi connectivity index (χ2n) is 6.88. The molecule has 0 fully saturated rings. The van der Waals surface area contributed by atoms with E-state index in [0.717, 1.165) is 12.1 Å². The summed E-state index contributed by atoms with van der Waals surface area (Å²) in [4.78, 5) is 31.5. The number of rotatable bonds is 6. The Morgan fingerprint density at radius 3 is 2.52 bits per heavy atom. The van der Waals surface area contributed by atoms with Crippen LogP contribution in [0.1, 0.15) is 41.4 Å². The van der Waals surface area contributed by atoms with Gasteiger partial charge in [0.2, 0.25) is 5.82 Å². The molecular formula is C21H24N4O2. The number of nitrogens with one attached hydrogen (secondary N) is 1. The fourth-order valence-electron chi connectivity index (χ4n) is 2.83. The van der Waals surface area contributed by atoms with Crippen LogP contribution >= 0.6 is 0 Å². The predicted molar refractivity (Wildman–Crippen MR) is 106 cm³/mol. The smallest absolute Gasteiger partial charge is 0.294 e. The molecule has 0 aliphatic carbocycles. The van der Waals surface area contributed by atoms with Gasteiger partial charge in [0.15, 0.2) is 5.69 Å². The first kappa shape index (κ1) is 18.6. The summed E-state index contributed by atoms with van der Waals surface area (Å²) in [5, 5.41) is 2.90. The number of aromatic nitrogens is 2. The molecule has 0 saturated heterocycles. The highest BCUT2D eigenvalue weighted by Gasteiger charge is 2.24.